The molecule has 1 N–H and O–H groups in total. The number of aromatic nitrogens is 2. The van der Waals surface area contributed by atoms with E-state index >= 15 is 0 Å². The normalized spacial score (nSPS) is 21.6. The molecule has 6 nitrogen and oxygen atoms in total. The van der Waals surface area contributed by atoms with E-state index < -0.39 is 0 Å². The number of fused-ring (bicyclic) bond motifs is 2. The number of nitrogens with zero attached hydrogens (tertiary/aromatic N) is 2. The van der Waals surface area contributed by atoms with Crippen molar-refractivity contribution in [1.29, 1.82) is 0 Å². The molecule has 2 aromatic carbocycles. The Morgan fingerprint density at radius 3 is 2.59 bits per heavy atom. The summed E-state index contributed by atoms with van der Waals surface area (Å²) in [5.74, 6) is 0.473. The minimum absolute atomic E-state index is 0.0340. The first-order chi connectivity index (χ1) is 14.2. The molecule has 2 amide bonds. The van der Waals surface area contributed by atoms with Crippen LogP contribution in [0.1, 0.15) is 46.4 Å². The van der Waals surface area contributed by atoms with Gasteiger partial charge in [0.25, 0.3) is 11.8 Å². The summed E-state index contributed by atoms with van der Waals surface area (Å²) >= 11 is 1.63. The molecule has 3 aromatic rings. The molecule has 1 aliphatic carbocycles. The first-order valence-electron chi connectivity index (χ1n) is 9.81. The molecule has 1 aliphatic heterocycles. The number of carbonyl (C=O) groups is 2. The Kier molecular flexibility index (Phi) is 4.54. The van der Waals surface area contributed by atoms with Crippen LogP contribution in [0, 0.1) is 0 Å². The molecular formula is C22H21N3O3S. The van der Waals surface area contributed by atoms with Gasteiger partial charge in [-0.3, -0.25) is 19.6 Å². The number of hydrogen-bond donors (Lipinski definition) is 1. The molecular weight excluding hydrogens is 386 g/mol. The largest absolute Gasteiger partial charge is 0.489 e. The van der Waals surface area contributed by atoms with Crippen molar-refractivity contribution in [3.63, 3.8) is 0 Å². The standard InChI is InChI=1S/C22H21N3O3S/c1-29-20-17-12-23-24-18(17)9-10-19(20)28-14-6-4-5-13(11-14)25-21(26)15-7-2-3-8-16(15)22(25)27/h2-3,7-10,12-14H,4-6,11H2,1H3,(H,23,24)/t13-,14-/m1/s1. The quantitative estimate of drug-likeness (QED) is 0.516. The first-order valence-corrected chi connectivity index (χ1v) is 11.0. The van der Waals surface area contributed by atoms with Crippen LogP contribution < -0.4 is 4.74 Å². The maximum atomic E-state index is 12.8. The fraction of sp³-hybridized carbons (Fsp3) is 0.318. The van der Waals surface area contributed by atoms with Gasteiger partial charge in [0.05, 0.1) is 27.7 Å². The average molecular weight is 407 g/mol. The topological polar surface area (TPSA) is 75.3 Å². The minimum Gasteiger partial charge on any atom is -0.489 e. The average Bonchev–Trinajstić information content (AvgIpc) is 3.31. The van der Waals surface area contributed by atoms with E-state index in [1.54, 1.807) is 36.0 Å². The zero-order valence-corrected chi connectivity index (χ0v) is 16.9. The van der Waals surface area contributed by atoms with E-state index in [2.05, 4.69) is 10.2 Å². The van der Waals surface area contributed by atoms with E-state index in [1.807, 2.05) is 24.6 Å². The number of rotatable bonds is 4. The smallest absolute Gasteiger partial charge is 0.261 e. The Labute approximate surface area is 172 Å². The minimum atomic E-state index is -0.180. The number of thioether (sulfide) groups is 1. The van der Waals surface area contributed by atoms with E-state index in [1.165, 1.54) is 4.90 Å². The van der Waals surface area contributed by atoms with Gasteiger partial charge in [0.1, 0.15) is 11.9 Å². The number of amides is 2. The highest BCUT2D eigenvalue weighted by molar-refractivity contribution is 7.99. The fourth-order valence-electron chi connectivity index (χ4n) is 4.46. The molecule has 0 saturated heterocycles. The van der Waals surface area contributed by atoms with Gasteiger partial charge in [-0.05, 0) is 49.8 Å². The van der Waals surface area contributed by atoms with Gasteiger partial charge < -0.3 is 4.74 Å². The highest BCUT2D eigenvalue weighted by Gasteiger charge is 2.41. The third kappa shape index (κ3) is 3.00. The molecule has 2 aliphatic rings. The van der Waals surface area contributed by atoms with Crippen molar-refractivity contribution in [3.05, 3.63) is 53.7 Å². The Morgan fingerprint density at radius 2 is 1.86 bits per heavy atom. The number of carbonyl (C=O) groups excluding carboxylic acids is 2. The maximum absolute atomic E-state index is 12.8. The lowest BCUT2D eigenvalue weighted by molar-refractivity contribution is 0.0448. The van der Waals surface area contributed by atoms with Crippen molar-refractivity contribution in [2.24, 2.45) is 0 Å². The zero-order chi connectivity index (χ0) is 20.0. The van der Waals surface area contributed by atoms with Gasteiger partial charge in [-0.2, -0.15) is 5.10 Å². The van der Waals surface area contributed by atoms with Crippen LogP contribution in [-0.4, -0.2) is 45.3 Å². The number of H-pyrrole nitrogens is 1. The van der Waals surface area contributed by atoms with Gasteiger partial charge >= 0.3 is 0 Å². The van der Waals surface area contributed by atoms with Crippen LogP contribution in [0.5, 0.6) is 5.75 Å². The van der Waals surface area contributed by atoms with E-state index in [0.29, 0.717) is 17.5 Å². The Bertz CT molecular complexity index is 1070. The molecule has 1 aromatic heterocycles. The SMILES string of the molecule is CSc1c(O[C@@H]2CCC[C@@H](N3C(=O)c4ccccc4C3=O)C2)ccc2[nH]ncc12. The van der Waals surface area contributed by atoms with Crippen LogP contribution in [0.4, 0.5) is 0 Å². The summed E-state index contributed by atoms with van der Waals surface area (Å²) < 4.78 is 6.38. The molecule has 0 bridgehead atoms. The molecule has 0 unspecified atom stereocenters. The molecule has 0 radical (unpaired) electrons. The fourth-order valence-corrected chi connectivity index (χ4v) is 5.16. The summed E-state index contributed by atoms with van der Waals surface area (Å²) in [5.41, 5.74) is 2.00. The van der Waals surface area contributed by atoms with Gasteiger partial charge in [-0.15, -0.1) is 11.8 Å². The number of imide groups is 1. The number of ether oxygens (including phenoxy) is 1. The number of aromatic amines is 1. The molecule has 7 heteroatoms. The van der Waals surface area contributed by atoms with Crippen LogP contribution in [0.15, 0.2) is 47.5 Å². The predicted molar refractivity (Wildman–Crippen MR) is 111 cm³/mol. The van der Waals surface area contributed by atoms with Crippen LogP contribution in [0.3, 0.4) is 0 Å². The van der Waals surface area contributed by atoms with Crippen molar-refractivity contribution >= 4 is 34.5 Å². The van der Waals surface area contributed by atoms with E-state index in [-0.39, 0.29) is 24.0 Å². The molecule has 29 heavy (non-hydrogen) atoms. The van der Waals surface area contributed by atoms with Gasteiger partial charge in [0.2, 0.25) is 0 Å². The molecule has 148 valence electrons. The molecule has 2 atom stereocenters. The Balaban J connectivity index is 1.37. The Hall–Kier alpha value is -2.80. The molecule has 1 saturated carbocycles. The lowest BCUT2D eigenvalue weighted by atomic mass is 9.91. The summed E-state index contributed by atoms with van der Waals surface area (Å²) in [7, 11) is 0. The summed E-state index contributed by atoms with van der Waals surface area (Å²) in [6.07, 6.45) is 7.12. The van der Waals surface area contributed by atoms with Crippen LogP contribution in [0.25, 0.3) is 10.9 Å². The second-order valence-electron chi connectivity index (χ2n) is 7.51. The van der Waals surface area contributed by atoms with Gasteiger partial charge in [0.15, 0.2) is 0 Å². The Morgan fingerprint density at radius 1 is 1.10 bits per heavy atom. The highest BCUT2D eigenvalue weighted by Crippen LogP contribution is 2.38. The lowest BCUT2D eigenvalue weighted by Crippen LogP contribution is -2.44. The zero-order valence-electron chi connectivity index (χ0n) is 16.1. The van der Waals surface area contributed by atoms with E-state index in [0.717, 1.165) is 40.8 Å². The van der Waals surface area contributed by atoms with Gasteiger partial charge in [-0.25, -0.2) is 0 Å². The van der Waals surface area contributed by atoms with Crippen molar-refractivity contribution in [2.45, 2.75) is 42.7 Å². The summed E-state index contributed by atoms with van der Waals surface area (Å²) in [4.78, 5) is 28.2. The van der Waals surface area contributed by atoms with Crippen molar-refractivity contribution < 1.29 is 14.3 Å². The van der Waals surface area contributed by atoms with Gasteiger partial charge in [0, 0.05) is 17.8 Å². The molecule has 5 rings (SSSR count). The molecule has 2 heterocycles. The van der Waals surface area contributed by atoms with Crippen molar-refractivity contribution in [2.75, 3.05) is 6.26 Å². The molecule has 0 spiro atoms. The monoisotopic (exact) mass is 407 g/mol. The number of benzene rings is 2. The first kappa shape index (κ1) is 18.2. The predicted octanol–water partition coefficient (Wildman–Crippen LogP) is 4.27. The second kappa shape index (κ2) is 7.22. The van der Waals surface area contributed by atoms with E-state index in [4.69, 9.17) is 4.74 Å². The summed E-state index contributed by atoms with van der Waals surface area (Å²) in [6, 6.07) is 10.9. The summed E-state index contributed by atoms with van der Waals surface area (Å²) in [6.45, 7) is 0. The highest BCUT2D eigenvalue weighted by atomic mass is 32.2. The second-order valence-corrected chi connectivity index (χ2v) is 8.33. The summed E-state index contributed by atoms with van der Waals surface area (Å²) in [5, 5.41) is 8.15. The molecule has 1 fully saturated rings. The third-order valence-corrected chi connectivity index (χ3v) is 6.65. The third-order valence-electron chi connectivity index (χ3n) is 5.83. The van der Waals surface area contributed by atoms with E-state index in [9.17, 15) is 9.59 Å². The number of nitrogens with one attached hydrogen (secondary N) is 1. The van der Waals surface area contributed by atoms with Crippen LogP contribution in [0.2, 0.25) is 0 Å². The van der Waals surface area contributed by atoms with Crippen LogP contribution in [-0.2, 0) is 0 Å². The number of hydrogen-bond acceptors (Lipinski definition) is 5. The van der Waals surface area contributed by atoms with Crippen molar-refractivity contribution in [3.8, 4) is 5.75 Å². The van der Waals surface area contributed by atoms with Crippen molar-refractivity contribution in [1.82, 2.24) is 15.1 Å². The van der Waals surface area contributed by atoms with Gasteiger partial charge in [-0.1, -0.05) is 12.1 Å². The maximum Gasteiger partial charge on any atom is 0.261 e. The lowest BCUT2D eigenvalue weighted by Gasteiger charge is -2.34. The van der Waals surface area contributed by atoms with Crippen LogP contribution >= 0.6 is 11.8 Å².